The van der Waals surface area contributed by atoms with Gasteiger partial charge in [-0.25, -0.2) is 0 Å². The molecule has 3 atom stereocenters. The van der Waals surface area contributed by atoms with Gasteiger partial charge in [0.1, 0.15) is 5.78 Å². The van der Waals surface area contributed by atoms with E-state index in [9.17, 15) is 4.79 Å². The molecule has 3 unspecified atom stereocenters. The summed E-state index contributed by atoms with van der Waals surface area (Å²) in [7, 11) is 0. The summed E-state index contributed by atoms with van der Waals surface area (Å²) in [5.74, 6) is 1.05. The highest BCUT2D eigenvalue weighted by Gasteiger charge is 2.34. The molecule has 0 fully saturated rings. The zero-order valence-corrected chi connectivity index (χ0v) is 21.8. The fourth-order valence-electron chi connectivity index (χ4n) is 6.30. The van der Waals surface area contributed by atoms with Crippen LogP contribution in [0.4, 0.5) is 0 Å². The molecular formula is C35H38O. The molecule has 0 aromatic heterocycles. The number of hydrogen-bond donors (Lipinski definition) is 0. The first-order chi connectivity index (χ1) is 17.7. The molecule has 0 aliphatic heterocycles. The number of ketones is 1. The molecule has 1 nitrogen and oxygen atoms in total. The van der Waals surface area contributed by atoms with E-state index in [2.05, 4.69) is 105 Å². The van der Waals surface area contributed by atoms with Crippen LogP contribution in [-0.2, 0) is 17.6 Å². The molecule has 5 rings (SSSR count). The van der Waals surface area contributed by atoms with Gasteiger partial charge >= 0.3 is 0 Å². The third kappa shape index (κ3) is 5.16. The number of benzene rings is 3. The summed E-state index contributed by atoms with van der Waals surface area (Å²) in [6, 6.07) is 28.4. The largest absolute Gasteiger partial charge is 0.299 e. The Kier molecular flexibility index (Phi) is 7.66. The molecule has 3 aromatic rings. The van der Waals surface area contributed by atoms with Gasteiger partial charge in [0, 0.05) is 24.2 Å². The van der Waals surface area contributed by atoms with Crippen molar-refractivity contribution in [2.45, 2.75) is 70.6 Å². The van der Waals surface area contributed by atoms with E-state index in [-0.39, 0.29) is 11.8 Å². The third-order valence-electron chi connectivity index (χ3n) is 8.37. The highest BCUT2D eigenvalue weighted by molar-refractivity contribution is 5.88. The molecular weight excluding hydrogens is 436 g/mol. The van der Waals surface area contributed by atoms with E-state index in [1.54, 1.807) is 0 Å². The number of carbonyl (C=O) groups is 1. The number of allylic oxidation sites excluding steroid dienone is 4. The van der Waals surface area contributed by atoms with Crippen LogP contribution in [-0.4, -0.2) is 5.78 Å². The second-order valence-corrected chi connectivity index (χ2v) is 10.4. The van der Waals surface area contributed by atoms with Crippen molar-refractivity contribution in [1.29, 1.82) is 0 Å². The van der Waals surface area contributed by atoms with Crippen molar-refractivity contribution in [3.8, 4) is 0 Å². The molecule has 2 aliphatic carbocycles. The summed E-state index contributed by atoms with van der Waals surface area (Å²) in [5.41, 5.74) is 9.59. The van der Waals surface area contributed by atoms with Crippen LogP contribution < -0.4 is 0 Å². The van der Waals surface area contributed by atoms with E-state index in [1.807, 2.05) is 0 Å². The normalized spacial score (nSPS) is 21.3. The van der Waals surface area contributed by atoms with Crippen molar-refractivity contribution in [3.05, 3.63) is 124 Å². The Balaban J connectivity index is 1.35. The molecule has 0 saturated heterocycles. The molecule has 0 bridgehead atoms. The molecule has 36 heavy (non-hydrogen) atoms. The highest BCUT2D eigenvalue weighted by Crippen LogP contribution is 2.45. The Hall–Kier alpha value is -3.19. The number of Topliss-reactive ketones (excluding diaryl/α,β-unsaturated/α-hetero) is 1. The molecule has 0 radical (unpaired) electrons. The molecule has 2 aliphatic rings. The van der Waals surface area contributed by atoms with E-state index in [1.165, 1.54) is 45.4 Å². The second kappa shape index (κ2) is 11.2. The standard InChI is InChI=1S/C35H38O/c1-3-25-17-19-29(20-18-25)33-23-30(27-12-6-5-7-13-27)24-34(33)35(36)22-21-28-14-10-16-32(28)31-15-9-8-11-26(31)4-2/h5-9,11-15,17-20,24,32-34H,3-4,10,16,21-23H2,1-2H3. The summed E-state index contributed by atoms with van der Waals surface area (Å²) < 4.78 is 0. The predicted octanol–water partition coefficient (Wildman–Crippen LogP) is 8.85. The molecule has 0 N–H and O–H groups in total. The molecule has 1 heteroatoms. The van der Waals surface area contributed by atoms with Crippen LogP contribution in [0.25, 0.3) is 5.57 Å². The van der Waals surface area contributed by atoms with Gasteiger partial charge in [0.2, 0.25) is 0 Å². The first-order valence-electron chi connectivity index (χ1n) is 13.8. The van der Waals surface area contributed by atoms with Crippen molar-refractivity contribution >= 4 is 11.4 Å². The zero-order valence-electron chi connectivity index (χ0n) is 21.8. The SMILES string of the molecule is CCc1ccc(C2CC(c3ccccc3)=CC2C(=O)CCC2=CCCC2c2ccccc2CC)cc1. The van der Waals surface area contributed by atoms with E-state index in [0.717, 1.165) is 32.1 Å². The van der Waals surface area contributed by atoms with Crippen LogP contribution in [0.15, 0.2) is 96.6 Å². The summed E-state index contributed by atoms with van der Waals surface area (Å²) in [6.07, 6.45) is 11.5. The maximum Gasteiger partial charge on any atom is 0.140 e. The van der Waals surface area contributed by atoms with Crippen LogP contribution in [0, 0.1) is 5.92 Å². The van der Waals surface area contributed by atoms with Gasteiger partial charge in [0.05, 0.1) is 0 Å². The van der Waals surface area contributed by atoms with Gasteiger partial charge in [-0.3, -0.25) is 4.79 Å². The van der Waals surface area contributed by atoms with Crippen molar-refractivity contribution in [3.63, 3.8) is 0 Å². The topological polar surface area (TPSA) is 17.1 Å². The number of rotatable bonds is 9. The first kappa shape index (κ1) is 24.5. The van der Waals surface area contributed by atoms with E-state index < -0.39 is 0 Å². The smallest absolute Gasteiger partial charge is 0.140 e. The molecule has 0 heterocycles. The van der Waals surface area contributed by atoms with E-state index >= 15 is 0 Å². The van der Waals surface area contributed by atoms with E-state index in [0.29, 0.717) is 18.1 Å². The first-order valence-corrected chi connectivity index (χ1v) is 13.8. The van der Waals surface area contributed by atoms with Crippen LogP contribution in [0.2, 0.25) is 0 Å². The summed E-state index contributed by atoms with van der Waals surface area (Å²) in [5, 5.41) is 0. The highest BCUT2D eigenvalue weighted by atomic mass is 16.1. The summed E-state index contributed by atoms with van der Waals surface area (Å²) >= 11 is 0. The monoisotopic (exact) mass is 474 g/mol. The van der Waals surface area contributed by atoms with Crippen molar-refractivity contribution in [2.24, 2.45) is 5.92 Å². The Bertz CT molecular complexity index is 1250. The Labute approximate surface area is 217 Å². The van der Waals surface area contributed by atoms with Crippen molar-refractivity contribution in [2.75, 3.05) is 0 Å². The number of aryl methyl sites for hydroxylation is 2. The summed E-state index contributed by atoms with van der Waals surface area (Å²) in [4.78, 5) is 13.8. The second-order valence-electron chi connectivity index (χ2n) is 10.4. The lowest BCUT2D eigenvalue weighted by molar-refractivity contribution is -0.121. The van der Waals surface area contributed by atoms with Gasteiger partial charge in [-0.15, -0.1) is 0 Å². The minimum atomic E-state index is -0.0453. The predicted molar refractivity (Wildman–Crippen MR) is 151 cm³/mol. The fraction of sp³-hybridized carbons (Fsp3) is 0.343. The Morgan fingerprint density at radius 2 is 1.61 bits per heavy atom. The molecule has 184 valence electrons. The van der Waals surface area contributed by atoms with Gasteiger partial charge in [-0.1, -0.05) is 110 Å². The maximum absolute atomic E-state index is 13.8. The minimum Gasteiger partial charge on any atom is -0.299 e. The van der Waals surface area contributed by atoms with Gasteiger partial charge in [0.25, 0.3) is 0 Å². The van der Waals surface area contributed by atoms with Crippen molar-refractivity contribution < 1.29 is 4.79 Å². The third-order valence-corrected chi connectivity index (χ3v) is 8.37. The van der Waals surface area contributed by atoms with Gasteiger partial charge < -0.3 is 0 Å². The number of hydrogen-bond acceptors (Lipinski definition) is 1. The van der Waals surface area contributed by atoms with Crippen molar-refractivity contribution in [1.82, 2.24) is 0 Å². The quantitative estimate of drug-likeness (QED) is 0.283. The lowest BCUT2D eigenvalue weighted by Crippen LogP contribution is -2.18. The number of carbonyl (C=O) groups excluding carboxylic acids is 1. The molecule has 0 amide bonds. The average molecular weight is 475 g/mol. The van der Waals surface area contributed by atoms with Crippen LogP contribution in [0.1, 0.15) is 85.6 Å². The van der Waals surface area contributed by atoms with Gasteiger partial charge in [-0.05, 0) is 71.9 Å². The van der Waals surface area contributed by atoms with Gasteiger partial charge in [-0.2, -0.15) is 0 Å². The Morgan fingerprint density at radius 1 is 0.861 bits per heavy atom. The molecule has 0 spiro atoms. The lowest BCUT2D eigenvalue weighted by Gasteiger charge is -2.21. The maximum atomic E-state index is 13.8. The molecule has 3 aromatic carbocycles. The molecule has 0 saturated carbocycles. The fourth-order valence-corrected chi connectivity index (χ4v) is 6.30. The van der Waals surface area contributed by atoms with Gasteiger partial charge in [0.15, 0.2) is 0 Å². The summed E-state index contributed by atoms with van der Waals surface area (Å²) in [6.45, 7) is 4.43. The lowest BCUT2D eigenvalue weighted by atomic mass is 9.82. The Morgan fingerprint density at radius 3 is 2.36 bits per heavy atom. The van der Waals surface area contributed by atoms with E-state index in [4.69, 9.17) is 0 Å². The van der Waals surface area contributed by atoms with Crippen LogP contribution in [0.5, 0.6) is 0 Å². The minimum absolute atomic E-state index is 0.0453. The average Bonchev–Trinajstić information content (AvgIpc) is 3.60. The zero-order chi connectivity index (χ0) is 24.9. The van der Waals surface area contributed by atoms with Crippen LogP contribution in [0.3, 0.4) is 0 Å². The van der Waals surface area contributed by atoms with Crippen LogP contribution >= 0.6 is 0 Å².